The van der Waals surface area contributed by atoms with Gasteiger partial charge in [-0.15, -0.1) is 0 Å². The second-order valence-corrected chi connectivity index (χ2v) is 9.12. The lowest BCUT2D eigenvalue weighted by atomic mass is 9.79. The molecule has 1 saturated heterocycles. The summed E-state index contributed by atoms with van der Waals surface area (Å²) in [6, 6.07) is 6.26. The second kappa shape index (κ2) is 9.24. The number of quaternary nitrogens is 2. The van der Waals surface area contributed by atoms with Gasteiger partial charge in [0.2, 0.25) is 0 Å². The van der Waals surface area contributed by atoms with E-state index in [2.05, 4.69) is 38.3 Å². The summed E-state index contributed by atoms with van der Waals surface area (Å²) < 4.78 is 16.3. The highest BCUT2D eigenvalue weighted by Crippen LogP contribution is 2.27. The van der Waals surface area contributed by atoms with Gasteiger partial charge in [0, 0.05) is 0 Å². The average Bonchev–Trinajstić information content (AvgIpc) is 2.57. The molecule has 154 valence electrons. The van der Waals surface area contributed by atoms with Gasteiger partial charge < -0.3 is 30.0 Å². The first-order valence-electron chi connectivity index (χ1n) is 9.81. The first-order chi connectivity index (χ1) is 12.6. The number of hydrogen-bond acceptors (Lipinski definition) is 4. The molecule has 6 nitrogen and oxygen atoms in total. The molecule has 0 spiro atoms. The molecule has 2 rings (SSSR count). The van der Waals surface area contributed by atoms with Crippen molar-refractivity contribution in [2.75, 3.05) is 27.4 Å². The standard InChI is InChI=1S/C21H36N2O4/c1-20(2)10-16(11-21(3,4)23-20)22-12-17(24)14-27-13-15-7-8-18(25-5)19(9-15)26-6/h7-9,16-17,22-24H,10-14H2,1-6H3/p+2/t17-/m1/s1. The fourth-order valence-corrected chi connectivity index (χ4v) is 4.47. The molecule has 0 bridgehead atoms. The van der Waals surface area contributed by atoms with Crippen molar-refractivity contribution >= 4 is 0 Å². The Labute approximate surface area is 163 Å². The largest absolute Gasteiger partial charge is 0.493 e. The summed E-state index contributed by atoms with van der Waals surface area (Å²) in [5, 5.41) is 15.1. The summed E-state index contributed by atoms with van der Waals surface area (Å²) in [5.74, 6) is 1.39. The minimum Gasteiger partial charge on any atom is -0.493 e. The van der Waals surface area contributed by atoms with E-state index < -0.39 is 6.10 Å². The van der Waals surface area contributed by atoms with E-state index in [0.717, 1.165) is 18.4 Å². The fraction of sp³-hybridized carbons (Fsp3) is 0.714. The molecule has 6 heteroatoms. The maximum Gasteiger partial charge on any atom is 0.161 e. The summed E-state index contributed by atoms with van der Waals surface area (Å²) in [6.45, 7) is 10.7. The van der Waals surface area contributed by atoms with Crippen molar-refractivity contribution in [1.29, 1.82) is 0 Å². The third-order valence-corrected chi connectivity index (χ3v) is 5.13. The van der Waals surface area contributed by atoms with Crippen LogP contribution in [-0.4, -0.2) is 55.7 Å². The normalized spacial score (nSPS) is 20.3. The first-order valence-corrected chi connectivity index (χ1v) is 9.81. The predicted molar refractivity (Wildman–Crippen MR) is 105 cm³/mol. The minimum absolute atomic E-state index is 0.248. The van der Waals surface area contributed by atoms with Crippen LogP contribution in [0, 0.1) is 0 Å². The monoisotopic (exact) mass is 382 g/mol. The molecular formula is C21H38N2O4+2. The van der Waals surface area contributed by atoms with Crippen LogP contribution in [0.4, 0.5) is 0 Å². The second-order valence-electron chi connectivity index (χ2n) is 9.12. The Bertz CT molecular complexity index is 588. The van der Waals surface area contributed by atoms with Crippen molar-refractivity contribution in [2.45, 2.75) is 70.4 Å². The zero-order valence-electron chi connectivity index (χ0n) is 17.7. The van der Waals surface area contributed by atoms with Crippen LogP contribution in [0.2, 0.25) is 0 Å². The van der Waals surface area contributed by atoms with E-state index in [-0.39, 0.29) is 11.1 Å². The molecule has 1 aromatic rings. The maximum absolute atomic E-state index is 10.3. The van der Waals surface area contributed by atoms with Gasteiger partial charge in [-0.05, 0) is 45.4 Å². The van der Waals surface area contributed by atoms with E-state index in [1.165, 1.54) is 0 Å². The number of piperidine rings is 1. The van der Waals surface area contributed by atoms with Crippen LogP contribution < -0.4 is 20.1 Å². The molecule has 27 heavy (non-hydrogen) atoms. The third-order valence-electron chi connectivity index (χ3n) is 5.13. The Hall–Kier alpha value is -1.34. The van der Waals surface area contributed by atoms with Gasteiger partial charge >= 0.3 is 0 Å². The Morgan fingerprint density at radius 1 is 1.11 bits per heavy atom. The number of ether oxygens (including phenoxy) is 3. The van der Waals surface area contributed by atoms with Crippen molar-refractivity contribution in [3.63, 3.8) is 0 Å². The van der Waals surface area contributed by atoms with Crippen LogP contribution in [0.15, 0.2) is 18.2 Å². The van der Waals surface area contributed by atoms with Gasteiger partial charge in [0.25, 0.3) is 0 Å². The molecule has 1 heterocycles. The minimum atomic E-state index is -0.470. The van der Waals surface area contributed by atoms with Crippen LogP contribution in [0.3, 0.4) is 0 Å². The number of aliphatic hydroxyl groups excluding tert-OH is 1. The van der Waals surface area contributed by atoms with Crippen molar-refractivity contribution in [1.82, 2.24) is 0 Å². The Morgan fingerprint density at radius 3 is 2.33 bits per heavy atom. The van der Waals surface area contributed by atoms with E-state index in [9.17, 15) is 5.11 Å². The number of aliphatic hydroxyl groups is 1. The number of hydrogen-bond donors (Lipinski definition) is 3. The number of benzene rings is 1. The van der Waals surface area contributed by atoms with E-state index >= 15 is 0 Å². The molecule has 1 atom stereocenters. The molecule has 0 aliphatic carbocycles. The van der Waals surface area contributed by atoms with Crippen molar-refractivity contribution in [3.8, 4) is 11.5 Å². The molecule has 0 amide bonds. The SMILES string of the molecule is COc1ccc(COC[C@H](O)C[NH2+]C2CC(C)(C)[NH2+]C(C)(C)C2)cc1OC. The topological polar surface area (TPSA) is 81.1 Å². The summed E-state index contributed by atoms with van der Waals surface area (Å²) in [6.07, 6.45) is 1.83. The lowest BCUT2D eigenvalue weighted by Crippen LogP contribution is -3.09. The fourth-order valence-electron chi connectivity index (χ4n) is 4.47. The van der Waals surface area contributed by atoms with Crippen LogP contribution >= 0.6 is 0 Å². The van der Waals surface area contributed by atoms with Gasteiger partial charge in [-0.2, -0.15) is 0 Å². The zero-order chi connectivity index (χ0) is 20.1. The van der Waals surface area contributed by atoms with Crippen molar-refractivity contribution in [3.05, 3.63) is 23.8 Å². The predicted octanol–water partition coefficient (Wildman–Crippen LogP) is 0.428. The average molecular weight is 383 g/mol. The highest BCUT2D eigenvalue weighted by molar-refractivity contribution is 5.42. The van der Waals surface area contributed by atoms with E-state index in [4.69, 9.17) is 14.2 Å². The Balaban J connectivity index is 1.74. The van der Waals surface area contributed by atoms with Gasteiger partial charge in [-0.25, -0.2) is 0 Å². The lowest BCUT2D eigenvalue weighted by Gasteiger charge is -2.41. The van der Waals surface area contributed by atoms with Gasteiger partial charge in [0.15, 0.2) is 11.5 Å². The molecule has 1 aliphatic rings. The van der Waals surface area contributed by atoms with Crippen LogP contribution in [-0.2, 0) is 11.3 Å². The highest BCUT2D eigenvalue weighted by atomic mass is 16.5. The molecule has 0 unspecified atom stereocenters. The molecule has 1 fully saturated rings. The molecule has 0 saturated carbocycles. The molecule has 1 aromatic carbocycles. The molecule has 5 N–H and O–H groups in total. The van der Waals surface area contributed by atoms with Gasteiger partial charge in [-0.1, -0.05) is 6.07 Å². The van der Waals surface area contributed by atoms with Crippen molar-refractivity contribution in [2.24, 2.45) is 0 Å². The number of methoxy groups -OCH3 is 2. The smallest absolute Gasteiger partial charge is 0.161 e. The summed E-state index contributed by atoms with van der Waals surface area (Å²) in [4.78, 5) is 0. The Morgan fingerprint density at radius 2 is 1.74 bits per heavy atom. The van der Waals surface area contributed by atoms with Gasteiger partial charge in [0.1, 0.15) is 12.6 Å². The van der Waals surface area contributed by atoms with Gasteiger partial charge in [-0.3, -0.25) is 0 Å². The van der Waals surface area contributed by atoms with Crippen LogP contribution in [0.5, 0.6) is 11.5 Å². The number of nitrogens with two attached hydrogens (primary N) is 2. The summed E-state index contributed by atoms with van der Waals surface area (Å²) in [7, 11) is 3.24. The van der Waals surface area contributed by atoms with Crippen LogP contribution in [0.25, 0.3) is 0 Å². The maximum atomic E-state index is 10.3. The zero-order valence-corrected chi connectivity index (χ0v) is 17.7. The first kappa shape index (κ1) is 22.0. The van der Waals surface area contributed by atoms with Crippen LogP contribution in [0.1, 0.15) is 46.1 Å². The van der Waals surface area contributed by atoms with Gasteiger partial charge in [0.05, 0.1) is 57.4 Å². The Kier molecular flexibility index (Phi) is 7.51. The van der Waals surface area contributed by atoms with E-state index in [1.54, 1.807) is 14.2 Å². The molecule has 0 radical (unpaired) electrons. The quantitative estimate of drug-likeness (QED) is 0.579. The highest BCUT2D eigenvalue weighted by Gasteiger charge is 2.43. The summed E-state index contributed by atoms with van der Waals surface area (Å²) in [5.41, 5.74) is 1.49. The van der Waals surface area contributed by atoms with Crippen molar-refractivity contribution < 1.29 is 30.0 Å². The molecule has 0 aromatic heterocycles. The lowest BCUT2D eigenvalue weighted by molar-refractivity contribution is -0.814. The van der Waals surface area contributed by atoms with E-state index in [1.807, 2.05) is 18.2 Å². The molecular weight excluding hydrogens is 344 g/mol. The molecule has 1 aliphatic heterocycles. The van der Waals surface area contributed by atoms with E-state index in [0.29, 0.717) is 37.3 Å². The number of rotatable bonds is 9. The third kappa shape index (κ3) is 6.96. The summed E-state index contributed by atoms with van der Waals surface area (Å²) >= 11 is 0.